The Morgan fingerprint density at radius 3 is 2.40 bits per heavy atom. The Morgan fingerprint density at radius 2 is 1.80 bits per heavy atom. The van der Waals surface area contributed by atoms with Gasteiger partial charge in [-0.15, -0.1) is 6.58 Å². The molecule has 2 aromatic carbocycles. The lowest BCUT2D eigenvalue weighted by atomic mass is 9.65. The molecule has 0 bridgehead atoms. The highest BCUT2D eigenvalue weighted by molar-refractivity contribution is 5.74. The number of fused-ring (bicyclic) bond motifs is 1. The second-order valence-corrected chi connectivity index (χ2v) is 9.87. The number of likely N-dealkylation sites (tertiary alicyclic amines) is 1. The van der Waals surface area contributed by atoms with Crippen molar-refractivity contribution in [2.45, 2.75) is 55.9 Å². The number of halogens is 3. The first kappa shape index (κ1) is 30.8. The summed E-state index contributed by atoms with van der Waals surface area (Å²) in [5, 5.41) is 13.2. The minimum Gasteiger partial charge on any atom is -0.493 e. The number of aliphatic carboxylic acids is 1. The molecule has 3 N–H and O–H groups in total. The summed E-state index contributed by atoms with van der Waals surface area (Å²) in [7, 11) is 3.36. The second-order valence-electron chi connectivity index (χ2n) is 9.87. The summed E-state index contributed by atoms with van der Waals surface area (Å²) < 4.78 is 42.9. The Kier molecular flexibility index (Phi) is 10.4. The molecule has 0 unspecified atom stereocenters. The lowest BCUT2D eigenvalue weighted by Crippen LogP contribution is -2.53. The molecule has 40 heavy (non-hydrogen) atoms. The van der Waals surface area contributed by atoms with Crippen molar-refractivity contribution in [3.63, 3.8) is 0 Å². The highest BCUT2D eigenvalue weighted by Crippen LogP contribution is 2.50. The number of rotatable bonds is 8. The summed E-state index contributed by atoms with van der Waals surface area (Å²) in [5.41, 5.74) is 2.65. The zero-order chi connectivity index (χ0) is 29.3. The van der Waals surface area contributed by atoms with Crippen LogP contribution in [0, 0.1) is 0 Å². The van der Waals surface area contributed by atoms with E-state index in [2.05, 4.69) is 64.6 Å². The van der Waals surface area contributed by atoms with Crippen molar-refractivity contribution in [1.29, 1.82) is 0 Å². The van der Waals surface area contributed by atoms with Crippen LogP contribution in [0.15, 0.2) is 61.2 Å². The standard InChI is InChI=1S/C27H35N3O3.C2HF3O2/c1-4-15-28-26(31)29-22-12-13-27(21-10-11-23(32-2)24(17-21)33-3)14-16-30(25(27)18-22)19-20-8-6-5-7-9-20;3-2(4,5)1(6)7/h4-11,17,22,25H,1,12-16,18-19H2,2-3H3,(H2,28,29,31);(H,6,7)/t22-,25+,27+;/m1./s1. The lowest BCUT2D eigenvalue weighted by Gasteiger charge is -2.45. The van der Waals surface area contributed by atoms with Crippen LogP contribution in [0.5, 0.6) is 11.5 Å². The number of carboxylic acids is 1. The van der Waals surface area contributed by atoms with E-state index in [1.165, 1.54) is 11.1 Å². The van der Waals surface area contributed by atoms with Gasteiger partial charge >= 0.3 is 18.2 Å². The third kappa shape index (κ3) is 7.47. The number of alkyl halides is 3. The normalized spacial score (nSPS) is 22.2. The van der Waals surface area contributed by atoms with Gasteiger partial charge in [-0.3, -0.25) is 4.90 Å². The predicted octanol–water partition coefficient (Wildman–Crippen LogP) is 4.89. The molecule has 11 heteroatoms. The monoisotopic (exact) mass is 563 g/mol. The number of nitrogens with zero attached hydrogens (tertiary/aromatic N) is 1. The van der Waals surface area contributed by atoms with Gasteiger partial charge in [0, 0.05) is 30.6 Å². The van der Waals surface area contributed by atoms with E-state index in [1.54, 1.807) is 20.3 Å². The van der Waals surface area contributed by atoms with Gasteiger partial charge in [0.1, 0.15) is 0 Å². The van der Waals surface area contributed by atoms with Gasteiger partial charge in [0.25, 0.3) is 0 Å². The van der Waals surface area contributed by atoms with Crippen LogP contribution in [0.4, 0.5) is 18.0 Å². The average Bonchev–Trinajstić information content (AvgIpc) is 3.30. The molecule has 1 aliphatic carbocycles. The summed E-state index contributed by atoms with van der Waals surface area (Å²) in [6.45, 7) is 6.09. The number of ether oxygens (including phenoxy) is 2. The second kappa shape index (κ2) is 13.6. The molecule has 0 radical (unpaired) electrons. The van der Waals surface area contributed by atoms with E-state index in [1.807, 2.05) is 6.07 Å². The Balaban J connectivity index is 0.000000559. The summed E-state index contributed by atoms with van der Waals surface area (Å²) in [6.07, 6.45) is 0.593. The predicted molar refractivity (Wildman–Crippen MR) is 145 cm³/mol. The number of carbonyl (C=O) groups excluding carboxylic acids is 1. The number of urea groups is 1. The van der Waals surface area contributed by atoms with Gasteiger partial charge in [-0.1, -0.05) is 42.5 Å². The molecule has 2 fully saturated rings. The van der Waals surface area contributed by atoms with Gasteiger partial charge in [0.15, 0.2) is 11.5 Å². The zero-order valence-corrected chi connectivity index (χ0v) is 22.7. The van der Waals surface area contributed by atoms with Gasteiger partial charge < -0.3 is 25.2 Å². The van der Waals surface area contributed by atoms with Crippen molar-refractivity contribution >= 4 is 12.0 Å². The SMILES string of the molecule is C=CCNC(=O)N[C@@H]1CC[C@@]2(c3ccc(OC)c(OC)c3)CCN(Cc3ccccc3)[C@H]2C1.O=C(O)C(F)(F)F. The fraction of sp³-hybridized carbons (Fsp3) is 0.448. The molecule has 0 spiro atoms. The first-order valence-electron chi connectivity index (χ1n) is 13.0. The summed E-state index contributed by atoms with van der Waals surface area (Å²) in [5.74, 6) is -1.23. The molecule has 2 aromatic rings. The Bertz CT molecular complexity index is 1160. The first-order valence-corrected chi connectivity index (χ1v) is 13.0. The number of hydrogen-bond acceptors (Lipinski definition) is 5. The lowest BCUT2D eigenvalue weighted by molar-refractivity contribution is -0.192. The molecule has 218 valence electrons. The van der Waals surface area contributed by atoms with Gasteiger partial charge in [0.2, 0.25) is 0 Å². The molecular weight excluding hydrogens is 527 g/mol. The topological polar surface area (TPSA) is 100 Å². The van der Waals surface area contributed by atoms with Crippen LogP contribution in [0.1, 0.15) is 36.8 Å². The van der Waals surface area contributed by atoms with Crippen LogP contribution in [0.25, 0.3) is 0 Å². The summed E-state index contributed by atoms with van der Waals surface area (Å²) in [6, 6.07) is 17.4. The maximum absolute atomic E-state index is 12.3. The first-order chi connectivity index (χ1) is 19.0. The highest BCUT2D eigenvalue weighted by Gasteiger charge is 2.51. The number of hydrogen-bond donors (Lipinski definition) is 3. The smallest absolute Gasteiger partial charge is 0.490 e. The van der Waals surface area contributed by atoms with E-state index in [-0.39, 0.29) is 17.5 Å². The quantitative estimate of drug-likeness (QED) is 0.396. The van der Waals surface area contributed by atoms with Crippen molar-refractivity contribution in [3.8, 4) is 11.5 Å². The van der Waals surface area contributed by atoms with Crippen molar-refractivity contribution < 1.29 is 37.3 Å². The zero-order valence-electron chi connectivity index (χ0n) is 22.7. The van der Waals surface area contributed by atoms with Gasteiger partial charge in [0.05, 0.1) is 14.2 Å². The maximum Gasteiger partial charge on any atom is 0.490 e. The number of methoxy groups -OCH3 is 2. The number of carbonyl (C=O) groups is 2. The molecule has 1 aliphatic heterocycles. The molecule has 1 saturated carbocycles. The van der Waals surface area contributed by atoms with Crippen molar-refractivity contribution in [2.24, 2.45) is 0 Å². The van der Waals surface area contributed by atoms with Gasteiger partial charge in [-0.05, 0) is 55.5 Å². The number of carboxylic acid groups (broad SMARTS) is 1. The third-order valence-corrected chi connectivity index (χ3v) is 7.54. The molecular formula is C29H36F3N3O5. The average molecular weight is 564 g/mol. The summed E-state index contributed by atoms with van der Waals surface area (Å²) >= 11 is 0. The van der Waals surface area contributed by atoms with Gasteiger partial charge in [-0.25, -0.2) is 9.59 Å². The van der Waals surface area contributed by atoms with Crippen LogP contribution >= 0.6 is 0 Å². The molecule has 1 heterocycles. The minimum atomic E-state index is -5.08. The Hall–Kier alpha value is -3.73. The fourth-order valence-electron chi connectivity index (χ4n) is 5.67. The van der Waals surface area contributed by atoms with Crippen LogP contribution in [-0.2, 0) is 16.8 Å². The largest absolute Gasteiger partial charge is 0.493 e. The molecule has 4 rings (SSSR count). The van der Waals surface area contributed by atoms with E-state index < -0.39 is 12.1 Å². The van der Waals surface area contributed by atoms with Crippen molar-refractivity contribution in [2.75, 3.05) is 27.3 Å². The summed E-state index contributed by atoms with van der Waals surface area (Å²) in [4.78, 5) is 23.8. The Labute approximate surface area is 232 Å². The molecule has 2 amide bonds. The van der Waals surface area contributed by atoms with E-state index in [4.69, 9.17) is 19.4 Å². The van der Waals surface area contributed by atoms with E-state index in [0.717, 1.165) is 50.3 Å². The third-order valence-electron chi connectivity index (χ3n) is 7.54. The van der Waals surface area contributed by atoms with Crippen molar-refractivity contribution in [3.05, 3.63) is 72.3 Å². The fourth-order valence-corrected chi connectivity index (χ4v) is 5.67. The highest BCUT2D eigenvalue weighted by atomic mass is 19.4. The number of amides is 2. The maximum atomic E-state index is 12.3. The molecule has 0 aromatic heterocycles. The number of benzene rings is 2. The minimum absolute atomic E-state index is 0.0318. The molecule has 3 atom stereocenters. The number of nitrogens with one attached hydrogen (secondary N) is 2. The molecule has 2 aliphatic rings. The molecule has 1 saturated heterocycles. The van der Waals surface area contributed by atoms with E-state index in [9.17, 15) is 18.0 Å². The van der Waals surface area contributed by atoms with Crippen LogP contribution in [0.2, 0.25) is 0 Å². The van der Waals surface area contributed by atoms with Crippen LogP contribution in [-0.4, -0.2) is 67.6 Å². The van der Waals surface area contributed by atoms with E-state index in [0.29, 0.717) is 12.6 Å². The van der Waals surface area contributed by atoms with Gasteiger partial charge in [-0.2, -0.15) is 13.2 Å². The van der Waals surface area contributed by atoms with E-state index >= 15 is 0 Å². The molecule has 8 nitrogen and oxygen atoms in total. The van der Waals surface area contributed by atoms with Crippen molar-refractivity contribution in [1.82, 2.24) is 15.5 Å². The van der Waals surface area contributed by atoms with Crippen LogP contribution in [0.3, 0.4) is 0 Å². The Morgan fingerprint density at radius 1 is 1.12 bits per heavy atom. The van der Waals surface area contributed by atoms with Crippen LogP contribution < -0.4 is 20.1 Å².